The van der Waals surface area contributed by atoms with Crippen molar-refractivity contribution < 1.29 is 18.9 Å². The summed E-state index contributed by atoms with van der Waals surface area (Å²) >= 11 is 0. The summed E-state index contributed by atoms with van der Waals surface area (Å²) in [5.41, 5.74) is 11.7. The van der Waals surface area contributed by atoms with Crippen LogP contribution in [0.2, 0.25) is 0 Å². The zero-order valence-electron chi connectivity index (χ0n) is 25.8. The number of guanidine groups is 1. The Hall–Kier alpha value is -4.74. The number of carbonyl (C=O) groups is 1. The predicted molar refractivity (Wildman–Crippen MR) is 173 cm³/mol. The van der Waals surface area contributed by atoms with Crippen LogP contribution in [0.25, 0.3) is 5.70 Å². The molecule has 45 heavy (non-hydrogen) atoms. The highest BCUT2D eigenvalue weighted by Gasteiger charge is 2.32. The molecule has 0 saturated carbocycles. The lowest BCUT2D eigenvalue weighted by molar-refractivity contribution is -0.628. The number of nitrogens with zero attached hydrogens (tertiary/aromatic N) is 6. The van der Waals surface area contributed by atoms with E-state index in [2.05, 4.69) is 9.89 Å². The van der Waals surface area contributed by atoms with Gasteiger partial charge in [-0.15, -0.1) is 0 Å². The summed E-state index contributed by atoms with van der Waals surface area (Å²) in [7, 11) is 6.00. The van der Waals surface area contributed by atoms with E-state index in [9.17, 15) is 13.6 Å². The number of aryl methyl sites for hydroxylation is 1. The van der Waals surface area contributed by atoms with Crippen LogP contribution in [-0.4, -0.2) is 91.6 Å². The molecule has 0 bridgehead atoms. The minimum atomic E-state index is -0.659. The molecule has 11 heteroatoms. The Morgan fingerprint density at radius 2 is 1.82 bits per heavy atom. The van der Waals surface area contributed by atoms with Crippen LogP contribution in [-0.2, 0) is 0 Å². The molecule has 2 unspecified atom stereocenters. The maximum atomic E-state index is 15.0. The molecular formula is C34H37F2N8O+. The molecule has 3 aliphatic rings. The summed E-state index contributed by atoms with van der Waals surface area (Å²) in [6.07, 6.45) is 2.34. The van der Waals surface area contributed by atoms with E-state index in [4.69, 9.17) is 15.7 Å². The van der Waals surface area contributed by atoms with Crippen molar-refractivity contribution in [2.45, 2.75) is 25.7 Å². The monoisotopic (exact) mass is 611 g/mol. The number of fused-ring (bicyclic) bond motifs is 2. The fraction of sp³-hybridized carbons (Fsp3) is 0.294. The van der Waals surface area contributed by atoms with Gasteiger partial charge >= 0.3 is 0 Å². The Bertz CT molecular complexity index is 1760. The summed E-state index contributed by atoms with van der Waals surface area (Å²) in [5.74, 6) is -1.49. The van der Waals surface area contributed by atoms with Crippen LogP contribution in [0, 0.1) is 18.6 Å². The molecule has 1 amide bonds. The van der Waals surface area contributed by atoms with E-state index in [1.54, 1.807) is 18.3 Å². The molecule has 3 aromatic rings. The van der Waals surface area contributed by atoms with Crippen molar-refractivity contribution >= 4 is 35.2 Å². The van der Waals surface area contributed by atoms with Gasteiger partial charge in [-0.25, -0.2) is 13.8 Å². The minimum absolute atomic E-state index is 0.140. The van der Waals surface area contributed by atoms with E-state index < -0.39 is 23.8 Å². The number of hydrogen-bond acceptors (Lipinski definition) is 5. The van der Waals surface area contributed by atoms with Crippen LogP contribution in [0.1, 0.15) is 39.0 Å². The molecule has 0 aromatic heterocycles. The molecule has 3 aliphatic heterocycles. The van der Waals surface area contributed by atoms with Crippen molar-refractivity contribution in [3.8, 4) is 0 Å². The van der Waals surface area contributed by atoms with E-state index in [1.807, 2.05) is 73.5 Å². The van der Waals surface area contributed by atoms with Crippen LogP contribution in [0.4, 0.5) is 14.5 Å². The number of hydrogen-bond donors (Lipinski definition) is 2. The first kappa shape index (κ1) is 30.3. The van der Waals surface area contributed by atoms with Crippen molar-refractivity contribution in [2.75, 3.05) is 40.8 Å². The fourth-order valence-electron chi connectivity index (χ4n) is 6.13. The molecule has 6 rings (SSSR count). The van der Waals surface area contributed by atoms with Crippen LogP contribution in [0.5, 0.6) is 0 Å². The zero-order valence-corrected chi connectivity index (χ0v) is 25.8. The number of likely N-dealkylation sites (N-methyl/N-ethyl adjacent to an activating group) is 1. The summed E-state index contributed by atoms with van der Waals surface area (Å²) in [5, 5.41) is 1.96. The first-order chi connectivity index (χ1) is 21.6. The van der Waals surface area contributed by atoms with Gasteiger partial charge in [0.25, 0.3) is 12.2 Å². The third-order valence-corrected chi connectivity index (χ3v) is 8.64. The molecule has 9 nitrogen and oxygen atoms in total. The summed E-state index contributed by atoms with van der Waals surface area (Å²) < 4.78 is 30.0. The molecule has 4 N–H and O–H groups in total. The Balaban J connectivity index is 1.24. The lowest BCUT2D eigenvalue weighted by Crippen LogP contribution is -2.87. The molecule has 1 fully saturated rings. The number of likely N-dealkylation sites (tertiary alicyclic amines) is 1. The Labute approximate surface area is 261 Å². The predicted octanol–water partition coefficient (Wildman–Crippen LogP) is 3.12. The van der Waals surface area contributed by atoms with Gasteiger partial charge in [0.15, 0.2) is 5.96 Å². The highest BCUT2D eigenvalue weighted by atomic mass is 19.1. The number of aliphatic imine (C=N–C) groups is 3. The molecule has 0 aliphatic carbocycles. The van der Waals surface area contributed by atoms with Gasteiger partial charge in [0.1, 0.15) is 17.3 Å². The average molecular weight is 612 g/mol. The van der Waals surface area contributed by atoms with Crippen molar-refractivity contribution in [2.24, 2.45) is 20.7 Å². The molecule has 3 heterocycles. The SMILES string of the molecule is Cc1ccc2c(c1)C(c1c(F)cccc1F)=NCC1=C2N(C)C([NH2+]c2cccc(C(=O)N=C(N)N3CCC(N(C)C)C3)c2)N=C1. The van der Waals surface area contributed by atoms with Gasteiger partial charge in [0, 0.05) is 60.7 Å². The molecule has 1 saturated heterocycles. The second kappa shape index (κ2) is 12.3. The van der Waals surface area contributed by atoms with Crippen LogP contribution < -0.4 is 11.1 Å². The lowest BCUT2D eigenvalue weighted by atomic mass is 9.92. The first-order valence-corrected chi connectivity index (χ1v) is 14.9. The quantitative estimate of drug-likeness (QED) is 0.262. The van der Waals surface area contributed by atoms with Crippen molar-refractivity contribution in [1.82, 2.24) is 14.7 Å². The molecule has 232 valence electrons. The minimum Gasteiger partial charge on any atom is -0.369 e. The van der Waals surface area contributed by atoms with Gasteiger partial charge in [-0.1, -0.05) is 29.8 Å². The van der Waals surface area contributed by atoms with Gasteiger partial charge in [0.05, 0.1) is 23.5 Å². The number of amides is 1. The van der Waals surface area contributed by atoms with E-state index in [0.29, 0.717) is 17.2 Å². The lowest BCUT2D eigenvalue weighted by Gasteiger charge is -2.31. The second-order valence-corrected chi connectivity index (χ2v) is 11.9. The molecular weight excluding hydrogens is 574 g/mol. The smallest absolute Gasteiger partial charge is 0.280 e. The fourth-order valence-corrected chi connectivity index (χ4v) is 6.13. The molecule has 0 radical (unpaired) electrons. The van der Waals surface area contributed by atoms with E-state index in [1.165, 1.54) is 18.2 Å². The van der Waals surface area contributed by atoms with Gasteiger partial charge in [-0.05, 0) is 57.8 Å². The van der Waals surface area contributed by atoms with Gasteiger partial charge in [0.2, 0.25) is 0 Å². The third-order valence-electron chi connectivity index (χ3n) is 8.64. The standard InChI is InChI=1S/C34H36F2N8O/c1-20-11-12-25-26(15-20)30(29-27(35)9-6-10-28(29)36)38-17-22-18-39-34(43(4)31(22)25)40-23-8-5-7-21(16-23)32(45)41-33(37)44-14-13-24(19-44)42(2)3/h5-12,15-16,18,24,34,40H,13-14,17,19H2,1-4H3,(H2,37,41,45)/p+1. The highest BCUT2D eigenvalue weighted by Crippen LogP contribution is 2.34. The maximum absolute atomic E-state index is 15.0. The number of rotatable bonds is 5. The number of benzene rings is 3. The van der Waals surface area contributed by atoms with Crippen molar-refractivity contribution in [3.05, 3.63) is 106 Å². The largest absolute Gasteiger partial charge is 0.369 e. The summed E-state index contributed by atoms with van der Waals surface area (Å²) in [6, 6.07) is 17.3. The maximum Gasteiger partial charge on any atom is 0.280 e. The Morgan fingerprint density at radius 1 is 1.07 bits per heavy atom. The molecule has 3 aromatic carbocycles. The normalized spacial score (nSPS) is 19.9. The number of quaternary nitrogens is 1. The number of halogens is 2. The molecule has 0 spiro atoms. The summed E-state index contributed by atoms with van der Waals surface area (Å²) in [4.78, 5) is 32.9. The molecule has 2 atom stereocenters. The third kappa shape index (κ3) is 6.01. The Kier molecular flexibility index (Phi) is 8.30. The topological polar surface area (TPSA) is 106 Å². The first-order valence-electron chi connectivity index (χ1n) is 14.9. The van der Waals surface area contributed by atoms with E-state index >= 15 is 0 Å². The van der Waals surface area contributed by atoms with Crippen LogP contribution in [0.3, 0.4) is 0 Å². The summed E-state index contributed by atoms with van der Waals surface area (Å²) in [6.45, 7) is 3.64. The van der Waals surface area contributed by atoms with Crippen LogP contribution >= 0.6 is 0 Å². The van der Waals surface area contributed by atoms with Crippen molar-refractivity contribution in [1.29, 1.82) is 0 Å². The zero-order chi connectivity index (χ0) is 31.8. The average Bonchev–Trinajstić information content (AvgIpc) is 3.46. The van der Waals surface area contributed by atoms with Gasteiger partial charge in [-0.3, -0.25) is 15.1 Å². The second-order valence-electron chi connectivity index (χ2n) is 11.9. The van der Waals surface area contributed by atoms with Gasteiger partial charge in [-0.2, -0.15) is 4.99 Å². The Morgan fingerprint density at radius 3 is 2.56 bits per heavy atom. The number of carbonyl (C=O) groups excluding carboxylic acids is 1. The van der Waals surface area contributed by atoms with Crippen molar-refractivity contribution in [3.63, 3.8) is 0 Å². The van der Waals surface area contributed by atoms with E-state index in [0.717, 1.165) is 47.6 Å². The van der Waals surface area contributed by atoms with Gasteiger partial charge < -0.3 is 20.4 Å². The van der Waals surface area contributed by atoms with Crippen LogP contribution in [0.15, 0.2) is 81.2 Å². The highest BCUT2D eigenvalue weighted by molar-refractivity contribution is 6.17. The number of nitrogens with two attached hydrogens (primary N) is 2. The van der Waals surface area contributed by atoms with E-state index in [-0.39, 0.29) is 23.8 Å².